The summed E-state index contributed by atoms with van der Waals surface area (Å²) in [5.41, 5.74) is 0. The van der Waals surface area contributed by atoms with E-state index in [0.29, 0.717) is 0 Å². The Morgan fingerprint density at radius 3 is 0.579 bits per heavy atom. The van der Waals surface area contributed by atoms with Gasteiger partial charge in [-0.2, -0.15) is 0 Å². The second-order valence-corrected chi connectivity index (χ2v) is 2.25. The van der Waals surface area contributed by atoms with Gasteiger partial charge in [-0.05, 0) is 0 Å². The van der Waals surface area contributed by atoms with Crippen LogP contribution in [0, 0.1) is 0 Å². The third kappa shape index (κ3) is 1400. The second-order valence-electron chi connectivity index (χ2n) is 0.750. The van der Waals surface area contributed by atoms with Gasteiger partial charge >= 0.3 is 109 Å². The SMILES string of the molecule is O=[Si]([O-])[O-].O=[Si]([O-])[O-].O=[Si]([O-])[O-].[Al+3].[Fe+3].[K+].[Mg+2].[OH-].[OH-].[OH-]. The molecule has 1 radical (unpaired) electrons. The van der Waals surface area contributed by atoms with Crippen LogP contribution in [0.3, 0.4) is 0 Å². The fourth-order valence-corrected chi connectivity index (χ4v) is 0. The van der Waals surface area contributed by atoms with Gasteiger partial charge in [-0.25, -0.2) is 0 Å². The van der Waals surface area contributed by atoms with Crippen LogP contribution in [0.25, 0.3) is 0 Å². The van der Waals surface area contributed by atoms with Crippen LogP contribution in [0.2, 0.25) is 0 Å². The Morgan fingerprint density at radius 1 is 0.579 bits per heavy atom. The molecule has 0 heterocycles. The van der Waals surface area contributed by atoms with Gasteiger partial charge in [0.05, 0.1) is 0 Å². The first-order chi connectivity index (χ1) is 5.20. The third-order valence-corrected chi connectivity index (χ3v) is 0. The van der Waals surface area contributed by atoms with Gasteiger partial charge in [0.1, 0.15) is 0 Å². The first kappa shape index (κ1) is 69.0. The molecular weight excluding hydrogens is 422 g/mol. The smallest absolute Gasteiger partial charge is 0.870 e. The summed E-state index contributed by atoms with van der Waals surface area (Å²) in [4.78, 5) is 51.1. The normalized spacial score (nSPS) is 3.79. The van der Waals surface area contributed by atoms with E-state index in [-0.39, 0.29) is 125 Å². The Hall–Kier alpha value is 2.19. The van der Waals surface area contributed by atoms with Gasteiger partial charge in [0.2, 0.25) is 0 Å². The first-order valence-electron chi connectivity index (χ1n) is 1.84. The predicted octanol–water partition coefficient (Wildman–Crippen LogP) is -12.9. The maximum Gasteiger partial charge on any atom is 3.00 e. The molecule has 0 amide bonds. The monoisotopic (exact) mass is 425 g/mol. The van der Waals surface area contributed by atoms with Crippen LogP contribution in [0.5, 0.6) is 0 Å². The maximum absolute atomic E-state index is 8.52. The molecule has 0 unspecified atom stereocenters. The molecule has 0 saturated carbocycles. The molecule has 12 nitrogen and oxygen atoms in total. The largest absolute Gasteiger partial charge is 3.00 e. The molecular formula is H3AlFeKMgO12Si3. The number of hydrogen-bond acceptors (Lipinski definition) is 12. The van der Waals surface area contributed by atoms with Crippen molar-refractivity contribution in [3.63, 3.8) is 0 Å². The molecule has 0 aliphatic carbocycles. The molecule has 0 aromatic heterocycles. The van der Waals surface area contributed by atoms with Crippen LogP contribution >= 0.6 is 0 Å². The predicted molar refractivity (Wildman–Crippen MR) is 36.6 cm³/mol. The van der Waals surface area contributed by atoms with E-state index in [1.54, 1.807) is 0 Å². The Balaban J connectivity index is -0.00000000675. The van der Waals surface area contributed by atoms with Gasteiger partial charge in [-0.15, -0.1) is 0 Å². The second kappa shape index (κ2) is 59.4. The van der Waals surface area contributed by atoms with Crippen LogP contribution in [0.4, 0.5) is 0 Å². The molecule has 0 aliphatic rings. The van der Waals surface area contributed by atoms with Gasteiger partial charge in [-0.3, -0.25) is 0 Å². The van der Waals surface area contributed by atoms with Gasteiger partial charge < -0.3 is 58.6 Å². The molecule has 19 heteroatoms. The molecule has 3 N–H and O–H groups in total. The minimum absolute atomic E-state index is 0. The molecule has 0 aromatic carbocycles. The third-order valence-electron chi connectivity index (χ3n) is 0. The zero-order valence-corrected chi connectivity index (χ0v) is 19.0. The van der Waals surface area contributed by atoms with Crippen molar-refractivity contribution in [3.05, 3.63) is 0 Å². The molecule has 19 heavy (non-hydrogen) atoms. The average molecular weight is 426 g/mol. The Morgan fingerprint density at radius 2 is 0.579 bits per heavy atom. The molecule has 0 fully saturated rings. The summed E-state index contributed by atoms with van der Waals surface area (Å²) < 4.78 is 25.6. The Labute approximate surface area is 192 Å². The summed E-state index contributed by atoms with van der Waals surface area (Å²) in [6, 6.07) is 0. The summed E-state index contributed by atoms with van der Waals surface area (Å²) in [6.45, 7) is 0. The van der Waals surface area contributed by atoms with E-state index < -0.39 is 27.5 Å². The van der Waals surface area contributed by atoms with E-state index >= 15 is 0 Å². The van der Waals surface area contributed by atoms with E-state index in [1.807, 2.05) is 0 Å². The maximum atomic E-state index is 8.52. The van der Waals surface area contributed by atoms with E-state index in [0.717, 1.165) is 0 Å². The molecule has 0 rings (SSSR count). The van der Waals surface area contributed by atoms with Crippen molar-refractivity contribution >= 4 is 67.9 Å². The van der Waals surface area contributed by atoms with Crippen molar-refractivity contribution < 1.29 is 127 Å². The molecule has 0 aliphatic heterocycles. The molecule has 101 valence electrons. The average Bonchev–Trinajstić information content (AvgIpc) is 1.54. The van der Waals surface area contributed by atoms with E-state index in [9.17, 15) is 0 Å². The number of rotatable bonds is 0. The zero-order valence-electron chi connectivity index (χ0n) is 9.15. The fourth-order valence-electron chi connectivity index (χ4n) is 0. The van der Waals surface area contributed by atoms with Crippen LogP contribution < -0.4 is 80.2 Å². The van der Waals surface area contributed by atoms with Crippen molar-refractivity contribution in [1.29, 1.82) is 0 Å². The van der Waals surface area contributed by atoms with Crippen molar-refractivity contribution in [2.75, 3.05) is 0 Å². The quantitative estimate of drug-likeness (QED) is 0.327. The summed E-state index contributed by atoms with van der Waals surface area (Å²) in [5, 5.41) is 0. The van der Waals surface area contributed by atoms with Crippen LogP contribution in [-0.2, 0) is 30.5 Å². The van der Waals surface area contributed by atoms with Crippen LogP contribution in [-0.4, -0.2) is 84.4 Å². The summed E-state index contributed by atoms with van der Waals surface area (Å²) in [5.74, 6) is 0. The molecule has 0 bridgehead atoms. The first-order valence-corrected chi connectivity index (χ1v) is 5.51. The van der Waals surface area contributed by atoms with E-state index in [2.05, 4.69) is 0 Å². The minimum atomic E-state index is -3.63. The fraction of sp³-hybridized carbons (Fsp3) is 0. The van der Waals surface area contributed by atoms with Crippen molar-refractivity contribution in [1.82, 2.24) is 0 Å². The molecule has 0 atom stereocenters. The molecule has 0 saturated heterocycles. The van der Waals surface area contributed by atoms with Crippen LogP contribution in [0.15, 0.2) is 0 Å². The van der Waals surface area contributed by atoms with Crippen molar-refractivity contribution in [2.24, 2.45) is 0 Å². The van der Waals surface area contributed by atoms with E-state index in [4.69, 9.17) is 42.2 Å². The molecule has 0 aromatic rings. The Bertz CT molecular complexity index is 131. The van der Waals surface area contributed by atoms with Gasteiger partial charge in [0.15, 0.2) is 0 Å². The van der Waals surface area contributed by atoms with Crippen molar-refractivity contribution in [2.45, 2.75) is 0 Å². The van der Waals surface area contributed by atoms with E-state index in [1.165, 1.54) is 0 Å². The summed E-state index contributed by atoms with van der Waals surface area (Å²) >= 11 is 0. The van der Waals surface area contributed by atoms with Crippen LogP contribution in [0.1, 0.15) is 0 Å². The number of hydrogen-bond donors (Lipinski definition) is 0. The van der Waals surface area contributed by atoms with Crippen molar-refractivity contribution in [3.8, 4) is 0 Å². The standard InChI is InChI=1S/Al.Fe.K.Mg.3O3Si.3H2O/c;;;;3*1-4(2)3;;;/h;;;;;;;3*1H2/q2*+3;+1;+2;3*-2;;;/p-3. The van der Waals surface area contributed by atoms with Gasteiger partial charge in [-0.1, -0.05) is 0 Å². The zero-order chi connectivity index (χ0) is 10.7. The minimum Gasteiger partial charge on any atom is -0.870 e. The summed E-state index contributed by atoms with van der Waals surface area (Å²) in [6.07, 6.45) is 0. The topological polar surface area (TPSA) is 280 Å². The molecule has 0 spiro atoms. The Kier molecular flexibility index (Phi) is 216. The van der Waals surface area contributed by atoms with Gasteiger partial charge in [0, 0.05) is 27.5 Å². The van der Waals surface area contributed by atoms with Gasteiger partial charge in [0.25, 0.3) is 0 Å². The summed E-state index contributed by atoms with van der Waals surface area (Å²) in [7, 11) is -10.9.